The molecule has 1 aromatic heterocycles. The maximum Gasteiger partial charge on any atom is 0.258 e. The van der Waals surface area contributed by atoms with Crippen LogP contribution >= 0.6 is 23.2 Å². The Bertz CT molecular complexity index is 1050. The first-order valence-electron chi connectivity index (χ1n) is 9.79. The van der Waals surface area contributed by atoms with Crippen molar-refractivity contribution in [2.24, 2.45) is 0 Å². The number of nitrogens with one attached hydrogen (secondary N) is 3. The molecule has 158 valence electrons. The normalized spacial score (nSPS) is 21.0. The SMILES string of the molecule is CC1CCCCN1c1nc2c(c(=O)[nH]1)C(C(=O)Nc1cc(Cl)cc(Cl)c1)CC(=O)N2. The zero-order valence-corrected chi connectivity index (χ0v) is 17.8. The number of benzene rings is 1. The van der Waals surface area contributed by atoms with Crippen molar-refractivity contribution >= 4 is 52.5 Å². The number of nitrogens with zero attached hydrogens (tertiary/aromatic N) is 2. The van der Waals surface area contributed by atoms with Crippen LogP contribution in [-0.4, -0.2) is 34.4 Å². The lowest BCUT2D eigenvalue weighted by atomic mass is 9.92. The molecule has 1 saturated heterocycles. The highest BCUT2D eigenvalue weighted by Crippen LogP contribution is 2.32. The molecule has 2 amide bonds. The summed E-state index contributed by atoms with van der Waals surface area (Å²) in [6.07, 6.45) is 2.97. The van der Waals surface area contributed by atoms with E-state index in [0.717, 1.165) is 25.8 Å². The van der Waals surface area contributed by atoms with Crippen LogP contribution in [0.1, 0.15) is 44.1 Å². The Labute approximate surface area is 183 Å². The summed E-state index contributed by atoms with van der Waals surface area (Å²) in [4.78, 5) is 47.4. The van der Waals surface area contributed by atoms with Crippen molar-refractivity contribution in [1.29, 1.82) is 0 Å². The van der Waals surface area contributed by atoms with Crippen LogP contribution in [0.25, 0.3) is 0 Å². The van der Waals surface area contributed by atoms with Gasteiger partial charge in [-0.3, -0.25) is 19.4 Å². The third kappa shape index (κ3) is 4.15. The maximum absolute atomic E-state index is 12.9. The first kappa shape index (κ1) is 20.7. The summed E-state index contributed by atoms with van der Waals surface area (Å²) in [5.74, 6) is -1.31. The predicted octanol–water partition coefficient (Wildman–Crippen LogP) is 3.52. The molecule has 2 aliphatic rings. The van der Waals surface area contributed by atoms with Crippen molar-refractivity contribution in [3.05, 3.63) is 44.2 Å². The van der Waals surface area contributed by atoms with Crippen molar-refractivity contribution in [2.75, 3.05) is 22.1 Å². The molecule has 2 atom stereocenters. The number of anilines is 3. The van der Waals surface area contributed by atoms with E-state index in [1.807, 2.05) is 4.90 Å². The van der Waals surface area contributed by atoms with Crippen LogP contribution < -0.4 is 21.1 Å². The second-order valence-corrected chi connectivity index (χ2v) is 8.52. The zero-order valence-electron chi connectivity index (χ0n) is 16.3. The minimum Gasteiger partial charge on any atom is -0.340 e. The van der Waals surface area contributed by atoms with Gasteiger partial charge in [-0.25, -0.2) is 0 Å². The number of piperidine rings is 1. The van der Waals surface area contributed by atoms with E-state index in [4.69, 9.17) is 23.2 Å². The standard InChI is InChI=1S/C20H21Cl2N5O3/c1-10-4-2-3-5-27(10)20-25-17-16(19(30)26-20)14(9-15(28)24-17)18(29)23-13-7-11(21)6-12(22)8-13/h6-8,10,14H,2-5,9H2,1H3,(H,23,29)(H2,24,25,26,28,30). The number of aromatic nitrogens is 2. The van der Waals surface area contributed by atoms with E-state index < -0.39 is 17.4 Å². The van der Waals surface area contributed by atoms with Crippen LogP contribution in [0, 0.1) is 0 Å². The third-order valence-corrected chi connectivity index (χ3v) is 5.90. The number of hydrogen-bond donors (Lipinski definition) is 3. The molecule has 8 nitrogen and oxygen atoms in total. The van der Waals surface area contributed by atoms with Gasteiger partial charge in [-0.2, -0.15) is 4.98 Å². The summed E-state index contributed by atoms with van der Waals surface area (Å²) in [7, 11) is 0. The fourth-order valence-electron chi connectivity index (χ4n) is 3.99. The number of amides is 2. The number of hydrogen-bond acceptors (Lipinski definition) is 5. The van der Waals surface area contributed by atoms with Gasteiger partial charge < -0.3 is 15.5 Å². The molecule has 0 spiro atoms. The van der Waals surface area contributed by atoms with Gasteiger partial charge in [-0.15, -0.1) is 0 Å². The summed E-state index contributed by atoms with van der Waals surface area (Å²) in [5.41, 5.74) is 0.0962. The minimum absolute atomic E-state index is 0.132. The largest absolute Gasteiger partial charge is 0.340 e. The molecule has 0 bridgehead atoms. The molecule has 0 radical (unpaired) electrons. The van der Waals surface area contributed by atoms with Gasteiger partial charge in [0, 0.05) is 34.7 Å². The van der Waals surface area contributed by atoms with Crippen LogP contribution in [0.15, 0.2) is 23.0 Å². The predicted molar refractivity (Wildman–Crippen MR) is 117 cm³/mol. The lowest BCUT2D eigenvalue weighted by molar-refractivity contribution is -0.123. The Kier molecular flexibility index (Phi) is 5.71. The Morgan fingerprint density at radius 1 is 1.20 bits per heavy atom. The Balaban J connectivity index is 1.66. The van der Waals surface area contributed by atoms with E-state index in [9.17, 15) is 14.4 Å². The third-order valence-electron chi connectivity index (χ3n) is 5.46. The summed E-state index contributed by atoms with van der Waals surface area (Å²) in [5, 5.41) is 6.05. The van der Waals surface area contributed by atoms with Crippen molar-refractivity contribution in [3.63, 3.8) is 0 Å². The molecule has 2 unspecified atom stereocenters. The average Bonchev–Trinajstić information content (AvgIpc) is 2.66. The first-order valence-corrected chi connectivity index (χ1v) is 10.5. The maximum atomic E-state index is 12.9. The fourth-order valence-corrected chi connectivity index (χ4v) is 4.51. The molecule has 30 heavy (non-hydrogen) atoms. The van der Waals surface area contributed by atoms with Gasteiger partial charge in [-0.05, 0) is 44.4 Å². The second-order valence-electron chi connectivity index (χ2n) is 7.64. The van der Waals surface area contributed by atoms with Crippen LogP contribution in [-0.2, 0) is 9.59 Å². The monoisotopic (exact) mass is 449 g/mol. The summed E-state index contributed by atoms with van der Waals surface area (Å²) in [6, 6.07) is 4.85. The van der Waals surface area contributed by atoms with E-state index in [1.165, 1.54) is 0 Å². The van der Waals surface area contributed by atoms with Gasteiger partial charge in [-0.1, -0.05) is 23.2 Å². The quantitative estimate of drug-likeness (QED) is 0.664. The van der Waals surface area contributed by atoms with Gasteiger partial charge >= 0.3 is 0 Å². The molecule has 10 heteroatoms. The number of carbonyl (C=O) groups excluding carboxylic acids is 2. The molecule has 3 heterocycles. The molecule has 1 aromatic carbocycles. The summed E-state index contributed by atoms with van der Waals surface area (Å²) < 4.78 is 0. The van der Waals surface area contributed by atoms with Crippen molar-refractivity contribution in [1.82, 2.24) is 9.97 Å². The highest BCUT2D eigenvalue weighted by atomic mass is 35.5. The molecule has 0 saturated carbocycles. The number of aromatic amines is 1. The molecule has 0 aliphatic carbocycles. The minimum atomic E-state index is -0.976. The second kappa shape index (κ2) is 8.28. The van der Waals surface area contributed by atoms with E-state index in [0.29, 0.717) is 21.7 Å². The van der Waals surface area contributed by atoms with Crippen LogP contribution in [0.5, 0.6) is 0 Å². The van der Waals surface area contributed by atoms with Crippen molar-refractivity contribution in [2.45, 2.75) is 44.6 Å². The van der Waals surface area contributed by atoms with Crippen LogP contribution in [0.2, 0.25) is 10.0 Å². The fraction of sp³-hybridized carbons (Fsp3) is 0.400. The molecule has 2 aliphatic heterocycles. The van der Waals surface area contributed by atoms with Gasteiger partial charge in [0.25, 0.3) is 5.56 Å². The zero-order chi connectivity index (χ0) is 21.4. The Hall–Kier alpha value is -2.58. The molecule has 1 fully saturated rings. The number of rotatable bonds is 3. The number of H-pyrrole nitrogens is 1. The molecule has 2 aromatic rings. The number of carbonyl (C=O) groups is 2. The van der Waals surface area contributed by atoms with Gasteiger partial charge in [0.1, 0.15) is 5.82 Å². The highest BCUT2D eigenvalue weighted by Gasteiger charge is 2.35. The van der Waals surface area contributed by atoms with Crippen LogP contribution in [0.3, 0.4) is 0 Å². The molecular formula is C20H21Cl2N5O3. The Morgan fingerprint density at radius 3 is 2.63 bits per heavy atom. The van der Waals surface area contributed by atoms with Crippen molar-refractivity contribution in [3.8, 4) is 0 Å². The highest BCUT2D eigenvalue weighted by molar-refractivity contribution is 6.35. The van der Waals surface area contributed by atoms with E-state index in [-0.39, 0.29) is 29.8 Å². The van der Waals surface area contributed by atoms with E-state index in [2.05, 4.69) is 27.5 Å². The smallest absolute Gasteiger partial charge is 0.258 e. The van der Waals surface area contributed by atoms with Crippen LogP contribution in [0.4, 0.5) is 17.5 Å². The van der Waals surface area contributed by atoms with E-state index >= 15 is 0 Å². The molecule has 3 N–H and O–H groups in total. The number of fused-ring (bicyclic) bond motifs is 1. The Morgan fingerprint density at radius 2 is 1.93 bits per heavy atom. The first-order chi connectivity index (χ1) is 14.3. The lowest BCUT2D eigenvalue weighted by Gasteiger charge is -2.34. The number of halogens is 2. The lowest BCUT2D eigenvalue weighted by Crippen LogP contribution is -2.42. The molecule has 4 rings (SSSR count). The molecular weight excluding hydrogens is 429 g/mol. The topological polar surface area (TPSA) is 107 Å². The van der Waals surface area contributed by atoms with Gasteiger partial charge in [0.2, 0.25) is 17.8 Å². The summed E-state index contributed by atoms with van der Waals surface area (Å²) >= 11 is 12.0. The average molecular weight is 450 g/mol. The van der Waals surface area contributed by atoms with Gasteiger partial charge in [0.05, 0.1) is 11.5 Å². The van der Waals surface area contributed by atoms with E-state index in [1.54, 1.807) is 18.2 Å². The summed E-state index contributed by atoms with van der Waals surface area (Å²) in [6.45, 7) is 2.85. The van der Waals surface area contributed by atoms with Crippen molar-refractivity contribution < 1.29 is 9.59 Å². The van der Waals surface area contributed by atoms with Gasteiger partial charge in [0.15, 0.2) is 0 Å².